The molecule has 2 heterocycles. The Morgan fingerprint density at radius 1 is 1.29 bits per heavy atom. The van der Waals surface area contributed by atoms with Crippen LogP contribution >= 0.6 is 11.3 Å². The zero-order valence-electron chi connectivity index (χ0n) is 13.7. The number of fused-ring (bicyclic) bond motifs is 2. The predicted octanol–water partition coefficient (Wildman–Crippen LogP) is 2.57. The number of nitrogens with zero attached hydrogens (tertiary/aromatic N) is 1. The number of carbonyl (C=O) groups excluding carboxylic acids is 1. The minimum absolute atomic E-state index is 0.112. The van der Waals surface area contributed by atoms with Gasteiger partial charge in [0.05, 0.1) is 6.10 Å². The van der Waals surface area contributed by atoms with E-state index in [1.54, 1.807) is 11.3 Å². The van der Waals surface area contributed by atoms with E-state index in [4.69, 9.17) is 4.74 Å². The molecule has 3 N–H and O–H groups in total. The van der Waals surface area contributed by atoms with Gasteiger partial charge in [-0.25, -0.2) is 9.78 Å². The van der Waals surface area contributed by atoms with Crippen LogP contribution in [-0.2, 0) is 4.74 Å². The normalized spacial score (nSPS) is 32.9. The number of rotatable bonds is 4. The summed E-state index contributed by atoms with van der Waals surface area (Å²) in [4.78, 5) is 17.7. The summed E-state index contributed by atoms with van der Waals surface area (Å²) in [6.45, 7) is 2.31. The van der Waals surface area contributed by atoms with E-state index in [9.17, 15) is 9.90 Å². The van der Waals surface area contributed by atoms with Crippen molar-refractivity contribution >= 4 is 22.5 Å². The third kappa shape index (κ3) is 3.43. The van der Waals surface area contributed by atoms with Crippen LogP contribution in [0.1, 0.15) is 42.9 Å². The molecule has 0 radical (unpaired) electrons. The minimum atomic E-state index is -0.175. The molecule has 2 saturated carbocycles. The lowest BCUT2D eigenvalue weighted by Gasteiger charge is -2.24. The molecule has 4 atom stereocenters. The van der Waals surface area contributed by atoms with Gasteiger partial charge in [0, 0.05) is 30.8 Å². The molecule has 3 aliphatic rings. The first-order chi connectivity index (χ1) is 11.7. The van der Waals surface area contributed by atoms with Crippen LogP contribution in [0, 0.1) is 17.8 Å². The fourth-order valence-electron chi connectivity index (χ4n) is 4.49. The van der Waals surface area contributed by atoms with Crippen molar-refractivity contribution in [1.82, 2.24) is 10.3 Å². The average Bonchev–Trinajstić information content (AvgIpc) is 3.29. The van der Waals surface area contributed by atoms with E-state index >= 15 is 0 Å². The van der Waals surface area contributed by atoms with Crippen molar-refractivity contribution in [3.05, 3.63) is 11.1 Å². The molecule has 0 spiro atoms. The van der Waals surface area contributed by atoms with Crippen LogP contribution in [0.4, 0.5) is 9.93 Å². The van der Waals surface area contributed by atoms with Gasteiger partial charge in [-0.3, -0.25) is 5.32 Å². The highest BCUT2D eigenvalue weighted by Crippen LogP contribution is 2.48. The number of anilines is 1. The smallest absolute Gasteiger partial charge is 0.321 e. The molecule has 4 rings (SSSR count). The van der Waals surface area contributed by atoms with E-state index in [0.29, 0.717) is 35.3 Å². The minimum Gasteiger partial charge on any atom is -0.393 e. The topological polar surface area (TPSA) is 83.5 Å². The van der Waals surface area contributed by atoms with Crippen LogP contribution in [0.2, 0.25) is 0 Å². The molecule has 2 bridgehead atoms. The molecule has 6 nitrogen and oxygen atoms in total. The second kappa shape index (κ2) is 6.98. The van der Waals surface area contributed by atoms with Crippen LogP contribution < -0.4 is 10.6 Å². The fraction of sp³-hybridized carbons (Fsp3) is 0.765. The zero-order chi connectivity index (χ0) is 16.5. The Kier molecular flexibility index (Phi) is 4.74. The summed E-state index contributed by atoms with van der Waals surface area (Å²) in [6.07, 6.45) is 6.90. The second-order valence-corrected chi connectivity index (χ2v) is 8.41. The molecule has 3 fully saturated rings. The molecular formula is C17H25N3O3S. The Morgan fingerprint density at radius 3 is 2.83 bits per heavy atom. The predicted molar refractivity (Wildman–Crippen MR) is 92.3 cm³/mol. The number of thiazole rings is 1. The zero-order valence-corrected chi connectivity index (χ0v) is 14.6. The number of amides is 2. The highest BCUT2D eigenvalue weighted by Gasteiger charge is 2.44. The summed E-state index contributed by atoms with van der Waals surface area (Å²) < 4.78 is 5.39. The summed E-state index contributed by atoms with van der Waals surface area (Å²) in [5.74, 6) is 2.05. The summed E-state index contributed by atoms with van der Waals surface area (Å²) in [5, 5.41) is 16.3. The Labute approximate surface area is 146 Å². The van der Waals surface area contributed by atoms with Crippen molar-refractivity contribution < 1.29 is 14.6 Å². The van der Waals surface area contributed by atoms with E-state index < -0.39 is 0 Å². The number of nitrogens with one attached hydrogen (secondary N) is 2. The SMILES string of the molecule is O=C(NC[C@@H]1C[C@H]2C[C@@H]1C[C@H]2O)Nc1ncc(C2CCOCC2)s1. The Balaban J connectivity index is 1.24. The Hall–Kier alpha value is -1.18. The first kappa shape index (κ1) is 16.3. The molecule has 0 aromatic carbocycles. The molecule has 24 heavy (non-hydrogen) atoms. The fourth-order valence-corrected chi connectivity index (χ4v) is 5.47. The average molecular weight is 351 g/mol. The van der Waals surface area contributed by atoms with Gasteiger partial charge in [-0.05, 0) is 55.8 Å². The van der Waals surface area contributed by atoms with Gasteiger partial charge in [0.15, 0.2) is 5.13 Å². The number of hydrogen-bond donors (Lipinski definition) is 3. The summed E-state index contributed by atoms with van der Waals surface area (Å²) in [6, 6.07) is -0.175. The van der Waals surface area contributed by atoms with Crippen LogP contribution in [0.25, 0.3) is 0 Å². The molecule has 7 heteroatoms. The molecule has 1 saturated heterocycles. The maximum atomic E-state index is 12.1. The number of aromatic nitrogens is 1. The molecule has 1 aromatic heterocycles. The lowest BCUT2D eigenvalue weighted by Crippen LogP contribution is -2.36. The molecule has 2 amide bonds. The number of ether oxygens (including phenoxy) is 1. The number of aliphatic hydroxyl groups excluding tert-OH is 1. The van der Waals surface area contributed by atoms with Gasteiger partial charge >= 0.3 is 6.03 Å². The Morgan fingerprint density at radius 2 is 2.12 bits per heavy atom. The maximum Gasteiger partial charge on any atom is 0.321 e. The van der Waals surface area contributed by atoms with E-state index in [0.717, 1.165) is 45.3 Å². The lowest BCUT2D eigenvalue weighted by molar-refractivity contribution is 0.0860. The maximum absolute atomic E-state index is 12.1. The summed E-state index contributed by atoms with van der Waals surface area (Å²) >= 11 is 1.57. The van der Waals surface area contributed by atoms with E-state index in [1.165, 1.54) is 4.88 Å². The molecule has 132 valence electrons. The number of aliphatic hydroxyl groups is 1. The highest BCUT2D eigenvalue weighted by molar-refractivity contribution is 7.15. The summed E-state index contributed by atoms with van der Waals surface area (Å²) in [7, 11) is 0. The van der Waals surface area contributed by atoms with Gasteiger partial charge in [0.25, 0.3) is 0 Å². The van der Waals surface area contributed by atoms with Crippen LogP contribution in [0.3, 0.4) is 0 Å². The van der Waals surface area contributed by atoms with Crippen molar-refractivity contribution in [2.24, 2.45) is 17.8 Å². The van der Waals surface area contributed by atoms with E-state index in [-0.39, 0.29) is 12.1 Å². The van der Waals surface area contributed by atoms with Gasteiger partial charge in [-0.2, -0.15) is 0 Å². The van der Waals surface area contributed by atoms with Crippen molar-refractivity contribution in [1.29, 1.82) is 0 Å². The molecular weight excluding hydrogens is 326 g/mol. The van der Waals surface area contributed by atoms with Crippen molar-refractivity contribution in [2.45, 2.75) is 44.1 Å². The molecule has 0 unspecified atom stereocenters. The van der Waals surface area contributed by atoms with Crippen molar-refractivity contribution in [3.63, 3.8) is 0 Å². The number of hydrogen-bond acceptors (Lipinski definition) is 5. The third-order valence-corrected chi connectivity index (χ3v) is 6.93. The van der Waals surface area contributed by atoms with E-state index in [1.807, 2.05) is 6.20 Å². The van der Waals surface area contributed by atoms with Gasteiger partial charge < -0.3 is 15.2 Å². The largest absolute Gasteiger partial charge is 0.393 e. The number of urea groups is 1. The third-order valence-electron chi connectivity index (χ3n) is 5.86. The standard InChI is InChI=1S/C17H25N3O3S/c21-14-7-11-5-12(14)6-13(11)8-18-16(22)20-17-19-9-15(24-17)10-1-3-23-4-2-10/h9-14,21H,1-8H2,(H2,18,19,20,22)/t11-,12-,13+,14-/m1/s1. The molecule has 2 aliphatic carbocycles. The van der Waals surface area contributed by atoms with Gasteiger partial charge in [0.1, 0.15) is 0 Å². The van der Waals surface area contributed by atoms with Gasteiger partial charge in [-0.15, -0.1) is 11.3 Å². The number of carbonyl (C=O) groups is 1. The lowest BCUT2D eigenvalue weighted by atomic mass is 9.87. The first-order valence-electron chi connectivity index (χ1n) is 8.95. The highest BCUT2D eigenvalue weighted by atomic mass is 32.1. The quantitative estimate of drug-likeness (QED) is 0.778. The summed E-state index contributed by atoms with van der Waals surface area (Å²) in [5.41, 5.74) is 0. The van der Waals surface area contributed by atoms with Crippen molar-refractivity contribution in [3.8, 4) is 0 Å². The van der Waals surface area contributed by atoms with Crippen LogP contribution in [0.5, 0.6) is 0 Å². The van der Waals surface area contributed by atoms with E-state index in [2.05, 4.69) is 15.6 Å². The van der Waals surface area contributed by atoms with Gasteiger partial charge in [0.2, 0.25) is 0 Å². The van der Waals surface area contributed by atoms with Crippen LogP contribution in [0.15, 0.2) is 6.20 Å². The monoisotopic (exact) mass is 351 g/mol. The Bertz CT molecular complexity index is 585. The van der Waals surface area contributed by atoms with Gasteiger partial charge in [-0.1, -0.05) is 0 Å². The van der Waals surface area contributed by atoms with Crippen LogP contribution in [-0.4, -0.2) is 42.0 Å². The molecule has 1 aromatic rings. The first-order valence-corrected chi connectivity index (χ1v) is 9.77. The van der Waals surface area contributed by atoms with Crippen molar-refractivity contribution in [2.75, 3.05) is 25.1 Å². The second-order valence-electron chi connectivity index (χ2n) is 7.34. The molecule has 1 aliphatic heterocycles.